The highest BCUT2D eigenvalue weighted by molar-refractivity contribution is 5.90. The Kier molecular flexibility index (Phi) is 6.32. The van der Waals surface area contributed by atoms with Crippen molar-refractivity contribution in [3.63, 3.8) is 0 Å². The van der Waals surface area contributed by atoms with Crippen LogP contribution >= 0.6 is 0 Å². The van der Waals surface area contributed by atoms with Gasteiger partial charge in [0.25, 0.3) is 0 Å². The van der Waals surface area contributed by atoms with Crippen molar-refractivity contribution in [2.75, 3.05) is 0 Å². The van der Waals surface area contributed by atoms with Gasteiger partial charge in [0.05, 0.1) is 11.1 Å². The zero-order valence-electron chi connectivity index (χ0n) is 22.6. The second-order valence-corrected chi connectivity index (χ2v) is 10.8. The van der Waals surface area contributed by atoms with E-state index < -0.39 is 103 Å². The lowest BCUT2D eigenvalue weighted by Crippen LogP contribution is -2.46. The maximum atomic E-state index is 15.6. The first-order valence-electron chi connectivity index (χ1n) is 13.3. The van der Waals surface area contributed by atoms with Crippen molar-refractivity contribution in [2.45, 2.75) is 11.2 Å². The van der Waals surface area contributed by atoms with Crippen molar-refractivity contribution in [3.8, 4) is 0 Å². The van der Waals surface area contributed by atoms with Gasteiger partial charge >= 0.3 is 0 Å². The Morgan fingerprint density at radius 1 is 0.326 bits per heavy atom. The third-order valence-corrected chi connectivity index (χ3v) is 8.47. The second kappa shape index (κ2) is 9.78. The number of hydrogen-bond acceptors (Lipinski definition) is 2. The molecule has 2 nitrogen and oxygen atoms in total. The van der Waals surface area contributed by atoms with E-state index in [2.05, 4.69) is 0 Å². The summed E-state index contributed by atoms with van der Waals surface area (Å²) in [5.74, 6) is -24.7. The van der Waals surface area contributed by atoms with E-state index in [1.807, 2.05) is 0 Å². The second-order valence-electron chi connectivity index (χ2n) is 10.8. The van der Waals surface area contributed by atoms with Crippen molar-refractivity contribution in [3.05, 3.63) is 164 Å². The van der Waals surface area contributed by atoms with Gasteiger partial charge in [-0.3, -0.25) is 0 Å². The van der Waals surface area contributed by atoms with Gasteiger partial charge in [0.15, 0.2) is 46.5 Å². The van der Waals surface area contributed by atoms with Gasteiger partial charge < -0.3 is 10.2 Å². The molecule has 0 saturated carbocycles. The average molecular weight is 644 g/mol. The molecule has 46 heavy (non-hydrogen) atoms. The number of hydrogen-bond donors (Lipinski definition) is 2. The molecule has 7 rings (SSSR count). The quantitative estimate of drug-likeness (QED) is 0.113. The Morgan fingerprint density at radius 2 is 0.522 bits per heavy atom. The van der Waals surface area contributed by atoms with Crippen LogP contribution in [0.4, 0.5) is 43.9 Å². The highest BCUT2D eigenvalue weighted by atomic mass is 19.2. The third kappa shape index (κ3) is 3.62. The van der Waals surface area contributed by atoms with Gasteiger partial charge in [0, 0.05) is 22.3 Å². The Hall–Kier alpha value is -4.94. The predicted octanol–water partition coefficient (Wildman–Crippen LogP) is 8.27. The molecule has 6 aromatic carbocycles. The van der Waals surface area contributed by atoms with Crippen LogP contribution in [0.15, 0.2) is 72.8 Å². The molecule has 1 aliphatic carbocycles. The van der Waals surface area contributed by atoms with Crippen molar-refractivity contribution >= 4 is 21.5 Å². The van der Waals surface area contributed by atoms with Gasteiger partial charge in [-0.1, -0.05) is 48.5 Å². The van der Waals surface area contributed by atoms with Crippen molar-refractivity contribution < 1.29 is 54.1 Å². The first-order chi connectivity index (χ1) is 21.7. The predicted molar refractivity (Wildman–Crippen MR) is 145 cm³/mol. The normalized spacial score (nSPS) is 19.0. The molecular formula is C34H14F10O2. The lowest BCUT2D eigenvalue weighted by atomic mass is 9.62. The van der Waals surface area contributed by atoms with E-state index in [-0.39, 0.29) is 21.5 Å². The molecule has 0 aromatic heterocycles. The lowest BCUT2D eigenvalue weighted by molar-refractivity contribution is 0.0643. The minimum Gasteiger partial charge on any atom is -0.376 e. The van der Waals surface area contributed by atoms with E-state index in [0.29, 0.717) is 0 Å². The van der Waals surface area contributed by atoms with Crippen LogP contribution < -0.4 is 0 Å². The van der Waals surface area contributed by atoms with Gasteiger partial charge in [-0.15, -0.1) is 0 Å². The van der Waals surface area contributed by atoms with Crippen LogP contribution in [0.5, 0.6) is 0 Å². The Bertz CT molecular complexity index is 2010. The highest BCUT2D eigenvalue weighted by Gasteiger charge is 2.56. The fraction of sp³-hybridized carbons (Fsp3) is 0.0588. The molecule has 2 N–H and O–H groups in total. The Labute approximate surface area is 251 Å². The minimum atomic E-state index is -3.42. The number of benzene rings is 6. The number of aliphatic hydroxyl groups is 2. The van der Waals surface area contributed by atoms with Crippen LogP contribution in [0.25, 0.3) is 21.5 Å². The van der Waals surface area contributed by atoms with Gasteiger partial charge in [-0.05, 0) is 45.8 Å². The molecule has 0 unspecified atom stereocenters. The standard InChI is InChI=1S/C34H14F10O2/c35-23-21(24(36)28(40)31(43)27(23)39)33(45)17-9-13-5-1-2-6-14(13)10-18(17)34(46,22-25(37)29(41)32(44)30(42)26(22)38)20-12-16-8-4-3-7-15(16)11-19(20)33/h1-12,45-46H. The highest BCUT2D eigenvalue weighted by Crippen LogP contribution is 2.57. The molecule has 0 aliphatic heterocycles. The zero-order chi connectivity index (χ0) is 33.0. The van der Waals surface area contributed by atoms with E-state index in [4.69, 9.17) is 0 Å². The summed E-state index contributed by atoms with van der Waals surface area (Å²) >= 11 is 0. The molecule has 0 atom stereocenters. The molecule has 232 valence electrons. The van der Waals surface area contributed by atoms with E-state index in [0.717, 1.165) is 24.3 Å². The fourth-order valence-corrected chi connectivity index (χ4v) is 6.35. The molecule has 0 bridgehead atoms. The average Bonchev–Trinajstić information content (AvgIpc) is 3.06. The minimum absolute atomic E-state index is 0.132. The summed E-state index contributed by atoms with van der Waals surface area (Å²) in [6.07, 6.45) is 0. The molecule has 6 aromatic rings. The molecule has 0 heterocycles. The molecular weight excluding hydrogens is 630 g/mol. The smallest absolute Gasteiger partial charge is 0.200 e. The van der Waals surface area contributed by atoms with Crippen molar-refractivity contribution in [1.82, 2.24) is 0 Å². The van der Waals surface area contributed by atoms with Gasteiger partial charge in [0.1, 0.15) is 11.2 Å². The summed E-state index contributed by atoms with van der Waals surface area (Å²) in [7, 11) is 0. The Morgan fingerprint density at radius 3 is 0.739 bits per heavy atom. The van der Waals surface area contributed by atoms with Gasteiger partial charge in [-0.25, -0.2) is 43.9 Å². The maximum Gasteiger partial charge on any atom is 0.200 e. The van der Waals surface area contributed by atoms with Crippen LogP contribution in [0.2, 0.25) is 0 Å². The summed E-state index contributed by atoms with van der Waals surface area (Å²) in [6.45, 7) is 0. The summed E-state index contributed by atoms with van der Waals surface area (Å²) < 4.78 is 150. The molecule has 0 radical (unpaired) electrons. The number of rotatable bonds is 2. The van der Waals surface area contributed by atoms with Gasteiger partial charge in [0.2, 0.25) is 11.6 Å². The fourth-order valence-electron chi connectivity index (χ4n) is 6.35. The first kappa shape index (κ1) is 29.8. The van der Waals surface area contributed by atoms with Crippen molar-refractivity contribution in [1.29, 1.82) is 0 Å². The van der Waals surface area contributed by atoms with Crippen LogP contribution in [-0.2, 0) is 11.2 Å². The van der Waals surface area contributed by atoms with E-state index >= 15 is 17.6 Å². The molecule has 1 aliphatic rings. The van der Waals surface area contributed by atoms with Crippen LogP contribution in [0, 0.1) is 58.2 Å². The largest absolute Gasteiger partial charge is 0.376 e. The lowest BCUT2D eigenvalue weighted by Gasteiger charge is -2.45. The zero-order valence-corrected chi connectivity index (χ0v) is 22.6. The first-order valence-corrected chi connectivity index (χ1v) is 13.3. The summed E-state index contributed by atoms with van der Waals surface area (Å²) in [6, 6.07) is 15.2. The molecule has 0 fully saturated rings. The topological polar surface area (TPSA) is 40.5 Å². The van der Waals surface area contributed by atoms with Crippen LogP contribution in [-0.4, -0.2) is 10.2 Å². The summed E-state index contributed by atoms with van der Waals surface area (Å²) in [4.78, 5) is 0. The molecule has 12 heteroatoms. The number of fused-ring (bicyclic) bond motifs is 4. The summed E-state index contributed by atoms with van der Waals surface area (Å²) in [5, 5.41) is 25.5. The molecule has 0 saturated heterocycles. The van der Waals surface area contributed by atoms with Crippen molar-refractivity contribution in [2.24, 2.45) is 0 Å². The van der Waals surface area contributed by atoms with Crippen LogP contribution in [0.1, 0.15) is 33.4 Å². The van der Waals surface area contributed by atoms with Crippen LogP contribution in [0.3, 0.4) is 0 Å². The maximum absolute atomic E-state index is 15.6. The number of halogens is 10. The van der Waals surface area contributed by atoms with Gasteiger partial charge in [-0.2, -0.15) is 0 Å². The van der Waals surface area contributed by atoms with E-state index in [1.54, 1.807) is 0 Å². The van der Waals surface area contributed by atoms with E-state index in [1.165, 1.54) is 48.5 Å². The summed E-state index contributed by atoms with van der Waals surface area (Å²) in [5.41, 5.74) is -13.9. The third-order valence-electron chi connectivity index (χ3n) is 8.47. The van der Waals surface area contributed by atoms with E-state index in [9.17, 15) is 36.6 Å². The molecule has 0 spiro atoms. The Balaban J connectivity index is 1.77. The SMILES string of the molecule is OC1(c2c(F)c(F)c(F)c(F)c2F)c2cc3ccccc3cc2C(O)(c2c(F)c(F)c(F)c(F)c2F)c2cc3ccccc3cc21. The monoisotopic (exact) mass is 644 g/mol. The molecule has 0 amide bonds.